The Hall–Kier alpha value is -6.65. The third kappa shape index (κ3) is 4.51. The van der Waals surface area contributed by atoms with Crippen LogP contribution in [-0.4, -0.2) is 15.0 Å². The molecule has 0 atom stereocenters. The molecule has 0 fully saturated rings. The maximum absolute atomic E-state index is 6.99. The van der Waals surface area contributed by atoms with E-state index in [1.807, 2.05) is 25.1 Å². The number of hydrogen-bond acceptors (Lipinski definition) is 4. The average Bonchev–Trinajstić information content (AvgIpc) is 3.49. The topological polar surface area (TPSA) is 47.9 Å². The molecule has 0 amide bonds. The zero-order valence-corrected chi connectivity index (χ0v) is 28.8. The molecule has 8 aromatic rings. The molecule has 0 N–H and O–H groups in total. The Morgan fingerprint density at radius 1 is 0.423 bits per heavy atom. The summed E-state index contributed by atoms with van der Waals surface area (Å²) in [7, 11) is 0. The molecule has 6 aromatic carbocycles. The number of fused-ring (bicyclic) bond motifs is 9. The van der Waals surface area contributed by atoms with E-state index in [9.17, 15) is 0 Å². The van der Waals surface area contributed by atoms with Gasteiger partial charge in [-0.15, -0.1) is 0 Å². The molecular formula is C48H33N3O. The van der Waals surface area contributed by atoms with Gasteiger partial charge in [-0.2, -0.15) is 0 Å². The lowest BCUT2D eigenvalue weighted by Crippen LogP contribution is -2.32. The van der Waals surface area contributed by atoms with Gasteiger partial charge < -0.3 is 4.74 Å². The van der Waals surface area contributed by atoms with Crippen LogP contribution in [0, 0.1) is 13.8 Å². The molecule has 4 nitrogen and oxygen atoms in total. The van der Waals surface area contributed by atoms with Crippen molar-refractivity contribution in [1.29, 1.82) is 0 Å². The number of nitrogens with zero attached hydrogens (tertiary/aromatic N) is 3. The standard InChI is InChI=1S/C48H33N3O/c1-30-23-28-35(31(2)49-30)32-24-26-33(27-25-32)43-29-44(51-47(50-43)34-13-4-3-5-14-34)38-17-12-21-42-46(38)52-45-22-11-10-20-41(45)48(42)39-18-8-6-15-36(39)37-16-7-9-19-40(37)48/h3-29H,1-2H3. The third-order valence-electron chi connectivity index (χ3n) is 10.6. The highest BCUT2D eigenvalue weighted by atomic mass is 16.5. The zero-order chi connectivity index (χ0) is 34.8. The van der Waals surface area contributed by atoms with E-state index in [1.54, 1.807) is 0 Å². The van der Waals surface area contributed by atoms with Gasteiger partial charge in [0.25, 0.3) is 0 Å². The molecule has 1 aliphatic carbocycles. The number of aryl methyl sites for hydroxylation is 2. The van der Waals surface area contributed by atoms with Crippen LogP contribution in [0.3, 0.4) is 0 Å². The van der Waals surface area contributed by atoms with Crippen molar-refractivity contribution in [2.24, 2.45) is 0 Å². The number of benzene rings is 6. The first-order valence-electron chi connectivity index (χ1n) is 17.7. The van der Waals surface area contributed by atoms with Crippen LogP contribution in [0.5, 0.6) is 11.5 Å². The van der Waals surface area contributed by atoms with Gasteiger partial charge in [-0.3, -0.25) is 4.98 Å². The summed E-state index contributed by atoms with van der Waals surface area (Å²) in [6.45, 7) is 4.09. The van der Waals surface area contributed by atoms with Crippen molar-refractivity contribution in [3.63, 3.8) is 0 Å². The summed E-state index contributed by atoms with van der Waals surface area (Å²) in [4.78, 5) is 15.1. The van der Waals surface area contributed by atoms with Gasteiger partial charge in [0, 0.05) is 44.8 Å². The second-order valence-corrected chi connectivity index (χ2v) is 13.6. The average molecular weight is 668 g/mol. The fourth-order valence-electron chi connectivity index (χ4n) is 8.34. The minimum absolute atomic E-state index is 0.551. The minimum atomic E-state index is -0.551. The molecule has 1 spiro atoms. The van der Waals surface area contributed by atoms with Crippen LogP contribution in [0.25, 0.3) is 56.2 Å². The first kappa shape index (κ1) is 30.2. The summed E-state index contributed by atoms with van der Waals surface area (Å²) >= 11 is 0. The molecule has 0 bridgehead atoms. The summed E-state index contributed by atoms with van der Waals surface area (Å²) in [5.74, 6) is 2.33. The van der Waals surface area contributed by atoms with Crippen molar-refractivity contribution < 1.29 is 4.74 Å². The Labute approximate surface area is 303 Å². The molecule has 246 valence electrons. The van der Waals surface area contributed by atoms with Gasteiger partial charge in [-0.05, 0) is 65.9 Å². The predicted molar refractivity (Wildman–Crippen MR) is 208 cm³/mol. The van der Waals surface area contributed by atoms with Gasteiger partial charge in [0.05, 0.1) is 16.8 Å². The third-order valence-corrected chi connectivity index (χ3v) is 10.6. The summed E-state index contributed by atoms with van der Waals surface area (Å²) in [5, 5.41) is 0. The molecular weight excluding hydrogens is 635 g/mol. The summed E-state index contributed by atoms with van der Waals surface area (Å²) < 4.78 is 6.99. The number of aromatic nitrogens is 3. The lowest BCUT2D eigenvalue weighted by Gasteiger charge is -2.40. The molecule has 1 aliphatic heterocycles. The van der Waals surface area contributed by atoms with Crippen molar-refractivity contribution in [2.75, 3.05) is 0 Å². The lowest BCUT2D eigenvalue weighted by atomic mass is 9.65. The van der Waals surface area contributed by atoms with E-state index in [0.717, 1.165) is 73.2 Å². The molecule has 0 unspecified atom stereocenters. The Bertz CT molecular complexity index is 2630. The largest absolute Gasteiger partial charge is 0.456 e. The van der Waals surface area contributed by atoms with Crippen LogP contribution in [0.2, 0.25) is 0 Å². The van der Waals surface area contributed by atoms with Crippen molar-refractivity contribution in [3.8, 4) is 67.7 Å². The molecule has 3 heterocycles. The molecule has 52 heavy (non-hydrogen) atoms. The minimum Gasteiger partial charge on any atom is -0.456 e. The smallest absolute Gasteiger partial charge is 0.160 e. The highest BCUT2D eigenvalue weighted by Crippen LogP contribution is 2.63. The zero-order valence-electron chi connectivity index (χ0n) is 28.8. The van der Waals surface area contributed by atoms with Crippen molar-refractivity contribution >= 4 is 0 Å². The van der Waals surface area contributed by atoms with Crippen molar-refractivity contribution in [2.45, 2.75) is 19.3 Å². The highest BCUT2D eigenvalue weighted by Gasteiger charge is 2.51. The van der Waals surface area contributed by atoms with Crippen LogP contribution >= 0.6 is 0 Å². The molecule has 0 radical (unpaired) electrons. The first-order chi connectivity index (χ1) is 25.6. The van der Waals surface area contributed by atoms with Crippen LogP contribution in [0.4, 0.5) is 0 Å². The fourth-order valence-corrected chi connectivity index (χ4v) is 8.34. The Balaban J connectivity index is 1.19. The van der Waals surface area contributed by atoms with Gasteiger partial charge in [0.15, 0.2) is 5.82 Å². The number of pyridine rings is 1. The maximum atomic E-state index is 6.99. The van der Waals surface area contributed by atoms with Crippen molar-refractivity contribution in [1.82, 2.24) is 15.0 Å². The predicted octanol–water partition coefficient (Wildman–Crippen LogP) is 11.6. The highest BCUT2D eigenvalue weighted by molar-refractivity contribution is 5.90. The molecule has 0 saturated carbocycles. The summed E-state index contributed by atoms with van der Waals surface area (Å²) in [5.41, 5.74) is 15.5. The van der Waals surface area contributed by atoms with E-state index in [4.69, 9.17) is 14.7 Å². The van der Waals surface area contributed by atoms with Crippen LogP contribution in [0.1, 0.15) is 33.6 Å². The summed E-state index contributed by atoms with van der Waals surface area (Å²) in [6, 6.07) is 57.7. The number of rotatable bonds is 4. The van der Waals surface area contributed by atoms with E-state index >= 15 is 0 Å². The van der Waals surface area contributed by atoms with Crippen LogP contribution in [0.15, 0.2) is 164 Å². The van der Waals surface area contributed by atoms with Gasteiger partial charge >= 0.3 is 0 Å². The van der Waals surface area contributed by atoms with Gasteiger partial charge in [-0.1, -0.05) is 140 Å². The molecule has 10 rings (SSSR count). The van der Waals surface area contributed by atoms with Crippen LogP contribution in [-0.2, 0) is 5.41 Å². The number of para-hydroxylation sites is 2. The van der Waals surface area contributed by atoms with Gasteiger partial charge in [0.2, 0.25) is 0 Å². The summed E-state index contributed by atoms with van der Waals surface area (Å²) in [6.07, 6.45) is 0. The fraction of sp³-hybridized carbons (Fsp3) is 0.0625. The molecule has 4 heteroatoms. The van der Waals surface area contributed by atoms with Gasteiger partial charge in [-0.25, -0.2) is 9.97 Å². The second-order valence-electron chi connectivity index (χ2n) is 13.6. The molecule has 0 saturated heterocycles. The number of ether oxygens (including phenoxy) is 1. The van der Waals surface area contributed by atoms with E-state index in [-0.39, 0.29) is 0 Å². The molecule has 2 aliphatic rings. The monoisotopic (exact) mass is 667 g/mol. The Kier molecular flexibility index (Phi) is 6.80. The Morgan fingerprint density at radius 3 is 1.75 bits per heavy atom. The first-order valence-corrected chi connectivity index (χ1v) is 17.7. The lowest BCUT2D eigenvalue weighted by molar-refractivity contribution is 0.438. The maximum Gasteiger partial charge on any atom is 0.160 e. The van der Waals surface area contributed by atoms with Crippen molar-refractivity contribution in [3.05, 3.63) is 197 Å². The van der Waals surface area contributed by atoms with E-state index in [1.165, 1.54) is 22.3 Å². The Morgan fingerprint density at radius 2 is 1.02 bits per heavy atom. The number of hydrogen-bond donors (Lipinski definition) is 0. The van der Waals surface area contributed by atoms with Crippen LogP contribution < -0.4 is 4.74 Å². The van der Waals surface area contributed by atoms with Gasteiger partial charge in [0.1, 0.15) is 11.5 Å². The van der Waals surface area contributed by atoms with E-state index in [2.05, 4.69) is 158 Å². The van der Waals surface area contributed by atoms with E-state index < -0.39 is 5.41 Å². The SMILES string of the molecule is Cc1ccc(-c2ccc(-c3cc(-c4cccc5c4Oc4ccccc4C54c5ccccc5-c5ccccc54)nc(-c4ccccc4)n3)cc2)c(C)n1. The van der Waals surface area contributed by atoms with E-state index in [0.29, 0.717) is 5.82 Å². The normalized spacial score (nSPS) is 13.1. The quantitative estimate of drug-likeness (QED) is 0.187. The molecule has 2 aromatic heterocycles. The second kappa shape index (κ2) is 11.7.